The third kappa shape index (κ3) is 3.86. The zero-order valence-electron chi connectivity index (χ0n) is 10.7. The van der Waals surface area contributed by atoms with Gasteiger partial charge < -0.3 is 10.8 Å². The molecule has 1 rings (SSSR count). The van der Waals surface area contributed by atoms with Gasteiger partial charge in [-0.25, -0.2) is 0 Å². The van der Waals surface area contributed by atoms with Crippen molar-refractivity contribution in [1.82, 2.24) is 0 Å². The Morgan fingerprint density at radius 3 is 2.00 bits per heavy atom. The van der Waals surface area contributed by atoms with Crippen LogP contribution >= 0.6 is 0 Å². The Morgan fingerprint density at radius 1 is 1.18 bits per heavy atom. The number of benzene rings is 1. The molecule has 0 saturated heterocycles. The van der Waals surface area contributed by atoms with Gasteiger partial charge in [-0.2, -0.15) is 0 Å². The highest BCUT2D eigenvalue weighted by Crippen LogP contribution is 2.24. The number of carboxylic acid groups (broad SMARTS) is 1. The fourth-order valence-corrected chi connectivity index (χ4v) is 1.92. The lowest BCUT2D eigenvalue weighted by Gasteiger charge is -2.20. The second-order valence-corrected chi connectivity index (χ2v) is 4.88. The van der Waals surface area contributed by atoms with Crippen molar-refractivity contribution in [2.45, 2.75) is 45.1 Å². The highest BCUT2D eigenvalue weighted by atomic mass is 16.4. The first kappa shape index (κ1) is 13.7. The van der Waals surface area contributed by atoms with Crippen LogP contribution < -0.4 is 5.73 Å². The van der Waals surface area contributed by atoms with Crippen molar-refractivity contribution in [2.75, 3.05) is 0 Å². The van der Waals surface area contributed by atoms with Crippen molar-refractivity contribution in [3.8, 4) is 0 Å². The van der Waals surface area contributed by atoms with E-state index in [4.69, 9.17) is 10.8 Å². The summed E-state index contributed by atoms with van der Waals surface area (Å²) in [6, 6.07) is 7.93. The van der Waals surface area contributed by atoms with Crippen LogP contribution in [-0.4, -0.2) is 17.1 Å². The molecule has 0 saturated carbocycles. The van der Waals surface area contributed by atoms with E-state index in [0.717, 1.165) is 5.56 Å². The molecular formula is C14H21NO2. The number of nitrogens with two attached hydrogens (primary N) is 1. The number of hydrogen-bond donors (Lipinski definition) is 2. The minimum Gasteiger partial charge on any atom is -0.481 e. The molecule has 0 aliphatic rings. The van der Waals surface area contributed by atoms with Gasteiger partial charge in [0, 0.05) is 12.0 Å². The molecule has 0 fully saturated rings. The van der Waals surface area contributed by atoms with E-state index >= 15 is 0 Å². The van der Waals surface area contributed by atoms with Crippen LogP contribution in [0.25, 0.3) is 0 Å². The van der Waals surface area contributed by atoms with Crippen LogP contribution in [0.3, 0.4) is 0 Å². The molecule has 3 nitrogen and oxygen atoms in total. The third-order valence-corrected chi connectivity index (χ3v) is 3.06. The molecule has 0 bridgehead atoms. The Morgan fingerprint density at radius 2 is 1.65 bits per heavy atom. The molecule has 0 amide bonds. The molecule has 17 heavy (non-hydrogen) atoms. The number of carboxylic acids is 1. The van der Waals surface area contributed by atoms with E-state index in [2.05, 4.69) is 26.0 Å². The van der Waals surface area contributed by atoms with E-state index in [1.165, 1.54) is 5.56 Å². The molecule has 3 N–H and O–H groups in total. The van der Waals surface area contributed by atoms with Gasteiger partial charge in [-0.3, -0.25) is 4.79 Å². The number of rotatable bonds is 5. The van der Waals surface area contributed by atoms with Gasteiger partial charge in [0.1, 0.15) is 0 Å². The molecule has 1 aromatic rings. The molecule has 2 unspecified atom stereocenters. The van der Waals surface area contributed by atoms with Gasteiger partial charge in [-0.05, 0) is 24.0 Å². The molecule has 0 aromatic heterocycles. The topological polar surface area (TPSA) is 63.3 Å². The van der Waals surface area contributed by atoms with Crippen LogP contribution in [0, 0.1) is 0 Å². The van der Waals surface area contributed by atoms with Crippen molar-refractivity contribution in [3.63, 3.8) is 0 Å². The summed E-state index contributed by atoms with van der Waals surface area (Å²) in [6.45, 7) is 6.12. The molecule has 2 atom stereocenters. The van der Waals surface area contributed by atoms with Gasteiger partial charge in [0.05, 0.1) is 6.42 Å². The zero-order valence-corrected chi connectivity index (χ0v) is 10.7. The van der Waals surface area contributed by atoms with E-state index in [1.54, 1.807) is 0 Å². The molecule has 0 aliphatic carbocycles. The zero-order chi connectivity index (χ0) is 13.0. The van der Waals surface area contributed by atoms with Crippen LogP contribution in [0.4, 0.5) is 0 Å². The Labute approximate surface area is 103 Å². The Kier molecular flexibility index (Phi) is 4.70. The molecule has 1 aromatic carbocycles. The maximum absolute atomic E-state index is 10.8. The lowest BCUT2D eigenvalue weighted by atomic mass is 9.88. The Balaban J connectivity index is 2.91. The molecule has 0 radical (unpaired) electrons. The highest BCUT2D eigenvalue weighted by Gasteiger charge is 2.19. The van der Waals surface area contributed by atoms with Crippen molar-refractivity contribution in [1.29, 1.82) is 0 Å². The van der Waals surface area contributed by atoms with Crippen LogP contribution in [0.1, 0.15) is 50.2 Å². The monoisotopic (exact) mass is 235 g/mol. The summed E-state index contributed by atoms with van der Waals surface area (Å²) in [5.41, 5.74) is 8.11. The van der Waals surface area contributed by atoms with Gasteiger partial charge in [-0.1, -0.05) is 38.1 Å². The summed E-state index contributed by atoms with van der Waals surface area (Å²) in [5, 5.41) is 8.88. The summed E-state index contributed by atoms with van der Waals surface area (Å²) in [6.07, 6.45) is 0.0820. The maximum atomic E-state index is 10.8. The van der Waals surface area contributed by atoms with Crippen LogP contribution in [0.5, 0.6) is 0 Å². The first-order chi connectivity index (χ1) is 7.91. The summed E-state index contributed by atoms with van der Waals surface area (Å²) in [7, 11) is 0. The van der Waals surface area contributed by atoms with E-state index in [-0.39, 0.29) is 18.4 Å². The molecule has 0 heterocycles. The van der Waals surface area contributed by atoms with Crippen LogP contribution in [0.15, 0.2) is 24.3 Å². The van der Waals surface area contributed by atoms with Crippen molar-refractivity contribution in [3.05, 3.63) is 35.4 Å². The maximum Gasteiger partial charge on any atom is 0.304 e. The van der Waals surface area contributed by atoms with Crippen LogP contribution in [-0.2, 0) is 4.79 Å². The predicted molar refractivity (Wildman–Crippen MR) is 69.2 cm³/mol. The summed E-state index contributed by atoms with van der Waals surface area (Å²) < 4.78 is 0. The Bertz CT molecular complexity index is 368. The van der Waals surface area contributed by atoms with E-state index in [1.807, 2.05) is 19.1 Å². The number of aliphatic carboxylic acids is 1. The lowest BCUT2D eigenvalue weighted by Crippen LogP contribution is -2.26. The molecule has 3 heteroatoms. The fourth-order valence-electron chi connectivity index (χ4n) is 1.92. The largest absolute Gasteiger partial charge is 0.481 e. The predicted octanol–water partition coefficient (Wildman–Crippen LogP) is 2.72. The van der Waals surface area contributed by atoms with Gasteiger partial charge in [0.25, 0.3) is 0 Å². The summed E-state index contributed by atoms with van der Waals surface area (Å²) in [5.74, 6) is -0.439. The average molecular weight is 235 g/mol. The lowest BCUT2D eigenvalue weighted by molar-refractivity contribution is -0.137. The average Bonchev–Trinajstić information content (AvgIpc) is 2.25. The summed E-state index contributed by atoms with van der Waals surface area (Å²) in [4.78, 5) is 10.8. The van der Waals surface area contributed by atoms with E-state index in [9.17, 15) is 4.79 Å². The molecule has 0 aliphatic heterocycles. The minimum atomic E-state index is -0.805. The van der Waals surface area contributed by atoms with Gasteiger partial charge >= 0.3 is 5.97 Å². The first-order valence-electron chi connectivity index (χ1n) is 5.99. The Hall–Kier alpha value is -1.35. The number of carbonyl (C=O) groups is 1. The van der Waals surface area contributed by atoms with Crippen molar-refractivity contribution in [2.24, 2.45) is 5.73 Å². The SMILES string of the molecule is CC(C)c1ccc(C(CC(=O)O)C(C)N)cc1. The molecular weight excluding hydrogens is 214 g/mol. The van der Waals surface area contributed by atoms with Crippen molar-refractivity contribution >= 4 is 5.97 Å². The van der Waals surface area contributed by atoms with Crippen LogP contribution in [0.2, 0.25) is 0 Å². The normalized spacial score (nSPS) is 14.6. The van der Waals surface area contributed by atoms with Gasteiger partial charge in [0.2, 0.25) is 0 Å². The molecule has 94 valence electrons. The van der Waals surface area contributed by atoms with Gasteiger partial charge in [-0.15, -0.1) is 0 Å². The second kappa shape index (κ2) is 5.82. The summed E-state index contributed by atoms with van der Waals surface area (Å²) >= 11 is 0. The fraction of sp³-hybridized carbons (Fsp3) is 0.500. The minimum absolute atomic E-state index is 0.0820. The van der Waals surface area contributed by atoms with E-state index < -0.39 is 5.97 Å². The smallest absolute Gasteiger partial charge is 0.304 e. The molecule has 0 spiro atoms. The number of hydrogen-bond acceptors (Lipinski definition) is 2. The standard InChI is InChI=1S/C14H21NO2/c1-9(2)11-4-6-12(7-5-11)13(10(3)15)8-14(16)17/h4-7,9-10,13H,8,15H2,1-3H3,(H,16,17). The third-order valence-electron chi connectivity index (χ3n) is 3.06. The van der Waals surface area contributed by atoms with E-state index in [0.29, 0.717) is 5.92 Å². The van der Waals surface area contributed by atoms with Gasteiger partial charge in [0.15, 0.2) is 0 Å². The quantitative estimate of drug-likeness (QED) is 0.824. The van der Waals surface area contributed by atoms with Crippen molar-refractivity contribution < 1.29 is 9.90 Å². The highest BCUT2D eigenvalue weighted by molar-refractivity contribution is 5.68. The first-order valence-corrected chi connectivity index (χ1v) is 5.99. The second-order valence-electron chi connectivity index (χ2n) is 4.88.